The van der Waals surface area contributed by atoms with Gasteiger partial charge in [0, 0.05) is 16.1 Å². The standard InChI is InChI=1S/C24H20ClNO6/c1-30-21-12-9-16(13-22(21)31-2)23(28)26-19-6-4-3-5-18(19)24(29)32-14-20(27)15-7-10-17(25)11-8-15/h3-13H,14H2,1-2H3,(H,26,28). The van der Waals surface area contributed by atoms with Crippen molar-refractivity contribution in [3.05, 3.63) is 88.4 Å². The number of amides is 1. The van der Waals surface area contributed by atoms with Crippen LogP contribution in [-0.2, 0) is 4.74 Å². The number of carbonyl (C=O) groups is 3. The molecule has 0 spiro atoms. The van der Waals surface area contributed by atoms with Crippen LogP contribution in [0.4, 0.5) is 5.69 Å². The summed E-state index contributed by atoms with van der Waals surface area (Å²) >= 11 is 5.81. The van der Waals surface area contributed by atoms with Crippen LogP contribution >= 0.6 is 11.6 Å². The number of methoxy groups -OCH3 is 2. The molecule has 3 rings (SSSR count). The molecule has 0 aliphatic heterocycles. The van der Waals surface area contributed by atoms with Gasteiger partial charge < -0.3 is 19.5 Å². The SMILES string of the molecule is COc1ccc(C(=O)Nc2ccccc2C(=O)OCC(=O)c2ccc(Cl)cc2)cc1OC. The summed E-state index contributed by atoms with van der Waals surface area (Å²) in [6.07, 6.45) is 0. The number of ketones is 1. The van der Waals surface area contributed by atoms with Crippen LogP contribution in [-0.4, -0.2) is 38.5 Å². The number of rotatable bonds is 8. The van der Waals surface area contributed by atoms with E-state index in [1.807, 2.05) is 0 Å². The molecule has 0 atom stereocenters. The van der Waals surface area contributed by atoms with Crippen molar-refractivity contribution in [1.29, 1.82) is 0 Å². The zero-order chi connectivity index (χ0) is 23.1. The Kier molecular flexibility index (Phi) is 7.46. The van der Waals surface area contributed by atoms with E-state index in [1.54, 1.807) is 54.6 Å². The third-order valence-electron chi connectivity index (χ3n) is 4.54. The van der Waals surface area contributed by atoms with E-state index in [4.69, 9.17) is 25.8 Å². The number of para-hydroxylation sites is 1. The first-order valence-corrected chi connectivity index (χ1v) is 9.89. The number of hydrogen-bond acceptors (Lipinski definition) is 6. The van der Waals surface area contributed by atoms with E-state index in [2.05, 4.69) is 5.32 Å². The van der Waals surface area contributed by atoms with E-state index in [0.717, 1.165) is 0 Å². The molecule has 0 bridgehead atoms. The first-order chi connectivity index (χ1) is 15.4. The van der Waals surface area contributed by atoms with Crippen LogP contribution in [0.1, 0.15) is 31.1 Å². The molecule has 0 saturated heterocycles. The molecule has 0 fully saturated rings. The van der Waals surface area contributed by atoms with Gasteiger partial charge in [0.05, 0.1) is 25.5 Å². The average molecular weight is 454 g/mol. The zero-order valence-electron chi connectivity index (χ0n) is 17.4. The Morgan fingerprint density at radius 1 is 0.844 bits per heavy atom. The van der Waals surface area contributed by atoms with Crippen LogP contribution in [0, 0.1) is 0 Å². The highest BCUT2D eigenvalue weighted by atomic mass is 35.5. The lowest BCUT2D eigenvalue weighted by atomic mass is 10.1. The lowest BCUT2D eigenvalue weighted by molar-refractivity contribution is 0.0475. The number of carbonyl (C=O) groups excluding carboxylic acids is 3. The molecule has 0 aliphatic rings. The molecule has 1 amide bonds. The second-order valence-electron chi connectivity index (χ2n) is 6.58. The Labute approximate surface area is 189 Å². The summed E-state index contributed by atoms with van der Waals surface area (Å²) in [5.74, 6) is -0.687. The summed E-state index contributed by atoms with van der Waals surface area (Å²) in [5, 5.41) is 3.18. The van der Waals surface area contributed by atoms with Gasteiger partial charge in [-0.3, -0.25) is 9.59 Å². The molecule has 1 N–H and O–H groups in total. The predicted molar refractivity (Wildman–Crippen MR) is 120 cm³/mol. The maximum atomic E-state index is 12.7. The Balaban J connectivity index is 1.71. The van der Waals surface area contributed by atoms with Gasteiger partial charge in [-0.05, 0) is 54.6 Å². The summed E-state index contributed by atoms with van der Waals surface area (Å²) in [7, 11) is 2.97. The Morgan fingerprint density at radius 3 is 2.19 bits per heavy atom. The van der Waals surface area contributed by atoms with E-state index in [-0.39, 0.29) is 17.0 Å². The van der Waals surface area contributed by atoms with Gasteiger partial charge in [0.15, 0.2) is 23.9 Å². The average Bonchev–Trinajstić information content (AvgIpc) is 2.82. The molecule has 164 valence electrons. The van der Waals surface area contributed by atoms with Gasteiger partial charge in [-0.15, -0.1) is 0 Å². The fourth-order valence-corrected chi connectivity index (χ4v) is 3.00. The van der Waals surface area contributed by atoms with Crippen LogP contribution in [0.5, 0.6) is 11.5 Å². The molecule has 0 saturated carbocycles. The molecule has 0 radical (unpaired) electrons. The van der Waals surface area contributed by atoms with E-state index >= 15 is 0 Å². The van der Waals surface area contributed by atoms with Gasteiger partial charge in [0.25, 0.3) is 5.91 Å². The molecule has 7 nitrogen and oxygen atoms in total. The fourth-order valence-electron chi connectivity index (χ4n) is 2.87. The summed E-state index contributed by atoms with van der Waals surface area (Å²) in [6, 6.07) is 17.3. The third-order valence-corrected chi connectivity index (χ3v) is 4.79. The normalized spacial score (nSPS) is 10.2. The Bertz CT molecular complexity index is 1140. The molecule has 0 unspecified atom stereocenters. The van der Waals surface area contributed by atoms with Crippen molar-refractivity contribution in [2.75, 3.05) is 26.1 Å². The van der Waals surface area contributed by atoms with Gasteiger partial charge in [-0.2, -0.15) is 0 Å². The van der Waals surface area contributed by atoms with Crippen molar-refractivity contribution in [3.8, 4) is 11.5 Å². The maximum absolute atomic E-state index is 12.7. The van der Waals surface area contributed by atoms with E-state index in [1.165, 1.54) is 26.4 Å². The summed E-state index contributed by atoms with van der Waals surface area (Å²) < 4.78 is 15.5. The maximum Gasteiger partial charge on any atom is 0.340 e. The Hall–Kier alpha value is -3.84. The van der Waals surface area contributed by atoms with E-state index in [0.29, 0.717) is 27.6 Å². The van der Waals surface area contributed by atoms with Crippen molar-refractivity contribution in [3.63, 3.8) is 0 Å². The fraction of sp³-hybridized carbons (Fsp3) is 0.125. The number of benzene rings is 3. The van der Waals surface area contributed by atoms with Crippen LogP contribution in [0.2, 0.25) is 5.02 Å². The highest BCUT2D eigenvalue weighted by Gasteiger charge is 2.18. The van der Waals surface area contributed by atoms with Crippen molar-refractivity contribution in [2.24, 2.45) is 0 Å². The van der Waals surface area contributed by atoms with Crippen LogP contribution in [0.15, 0.2) is 66.7 Å². The first-order valence-electron chi connectivity index (χ1n) is 9.51. The van der Waals surface area contributed by atoms with Crippen molar-refractivity contribution in [1.82, 2.24) is 0 Å². The molecule has 32 heavy (non-hydrogen) atoms. The number of halogens is 1. The number of ether oxygens (including phenoxy) is 3. The minimum Gasteiger partial charge on any atom is -0.493 e. The van der Waals surface area contributed by atoms with Gasteiger partial charge in [0.1, 0.15) is 0 Å². The van der Waals surface area contributed by atoms with Gasteiger partial charge in [0.2, 0.25) is 0 Å². The third kappa shape index (κ3) is 5.44. The van der Waals surface area contributed by atoms with Crippen molar-refractivity contribution < 1.29 is 28.6 Å². The summed E-state index contributed by atoms with van der Waals surface area (Å²) in [5.41, 5.74) is 1.04. The zero-order valence-corrected chi connectivity index (χ0v) is 18.1. The van der Waals surface area contributed by atoms with E-state index in [9.17, 15) is 14.4 Å². The second-order valence-corrected chi connectivity index (χ2v) is 7.01. The number of anilines is 1. The van der Waals surface area contributed by atoms with E-state index < -0.39 is 18.5 Å². The number of hydrogen-bond donors (Lipinski definition) is 1. The van der Waals surface area contributed by atoms with Crippen LogP contribution in [0.3, 0.4) is 0 Å². The number of nitrogens with one attached hydrogen (secondary N) is 1. The lowest BCUT2D eigenvalue weighted by Crippen LogP contribution is -2.18. The largest absolute Gasteiger partial charge is 0.493 e. The minimum absolute atomic E-state index is 0.116. The monoisotopic (exact) mass is 453 g/mol. The molecule has 0 heterocycles. The minimum atomic E-state index is -0.740. The highest BCUT2D eigenvalue weighted by molar-refractivity contribution is 6.30. The molecule has 3 aromatic rings. The predicted octanol–water partition coefficient (Wildman–Crippen LogP) is 4.65. The summed E-state index contributed by atoms with van der Waals surface area (Å²) in [4.78, 5) is 37.5. The van der Waals surface area contributed by atoms with Crippen molar-refractivity contribution in [2.45, 2.75) is 0 Å². The molecule has 0 aliphatic carbocycles. The van der Waals surface area contributed by atoms with Gasteiger partial charge >= 0.3 is 5.97 Å². The Morgan fingerprint density at radius 2 is 1.50 bits per heavy atom. The molecular weight excluding hydrogens is 434 g/mol. The van der Waals surface area contributed by atoms with Gasteiger partial charge in [-0.25, -0.2) is 4.79 Å². The number of esters is 1. The molecular formula is C24H20ClNO6. The smallest absolute Gasteiger partial charge is 0.340 e. The molecule has 3 aromatic carbocycles. The molecule has 0 aromatic heterocycles. The van der Waals surface area contributed by atoms with Gasteiger partial charge in [-0.1, -0.05) is 23.7 Å². The van der Waals surface area contributed by atoms with Crippen LogP contribution < -0.4 is 14.8 Å². The number of Topliss-reactive ketones (excluding diaryl/α,β-unsaturated/α-hetero) is 1. The first kappa shape index (κ1) is 22.8. The second kappa shape index (κ2) is 10.5. The van der Waals surface area contributed by atoms with Crippen LogP contribution in [0.25, 0.3) is 0 Å². The lowest BCUT2D eigenvalue weighted by Gasteiger charge is -2.12. The topological polar surface area (TPSA) is 90.9 Å². The quantitative estimate of drug-likeness (QED) is 0.394. The summed E-state index contributed by atoms with van der Waals surface area (Å²) in [6.45, 7) is -0.446. The molecule has 8 heteroatoms. The highest BCUT2D eigenvalue weighted by Crippen LogP contribution is 2.28. The van der Waals surface area contributed by atoms with Crippen molar-refractivity contribution >= 4 is 34.9 Å².